The molecule has 1 aromatic heterocycles. The van der Waals surface area contributed by atoms with Crippen molar-refractivity contribution >= 4 is 27.8 Å². The van der Waals surface area contributed by atoms with Crippen molar-refractivity contribution in [3.8, 4) is 0 Å². The SMILES string of the molecule is COC(=O)[C@@H](Cc1cccnc1)NC(=O)[C@@H]1CN(S(C)(=O)=O)CCN1C(C)=O. The highest BCUT2D eigenvalue weighted by molar-refractivity contribution is 7.88. The lowest BCUT2D eigenvalue weighted by Gasteiger charge is -2.39. The fraction of sp³-hybridized carbons (Fsp3) is 0.529. The molecule has 0 aromatic carbocycles. The first-order valence-electron chi connectivity index (χ1n) is 8.63. The smallest absolute Gasteiger partial charge is 0.328 e. The molecule has 2 heterocycles. The summed E-state index contributed by atoms with van der Waals surface area (Å²) in [5.41, 5.74) is 0.711. The van der Waals surface area contributed by atoms with Gasteiger partial charge in [0.25, 0.3) is 0 Å². The summed E-state index contributed by atoms with van der Waals surface area (Å²) < 4.78 is 29.6. The summed E-state index contributed by atoms with van der Waals surface area (Å²) in [4.78, 5) is 42.2. The second kappa shape index (κ2) is 9.11. The molecule has 0 bridgehead atoms. The van der Waals surface area contributed by atoms with Gasteiger partial charge < -0.3 is 15.0 Å². The number of carbonyl (C=O) groups excluding carboxylic acids is 3. The van der Waals surface area contributed by atoms with Crippen LogP contribution in [0.4, 0.5) is 0 Å². The van der Waals surface area contributed by atoms with Gasteiger partial charge in [-0.1, -0.05) is 6.07 Å². The van der Waals surface area contributed by atoms with Gasteiger partial charge in [-0.15, -0.1) is 0 Å². The number of aromatic nitrogens is 1. The molecular formula is C17H24N4O6S. The van der Waals surface area contributed by atoms with Crippen molar-refractivity contribution in [2.24, 2.45) is 0 Å². The van der Waals surface area contributed by atoms with E-state index in [-0.39, 0.29) is 32.0 Å². The highest BCUT2D eigenvalue weighted by Gasteiger charge is 2.38. The van der Waals surface area contributed by atoms with Crippen LogP contribution in [0, 0.1) is 0 Å². The normalized spacial score (nSPS) is 19.0. The van der Waals surface area contributed by atoms with Gasteiger partial charge >= 0.3 is 5.97 Å². The van der Waals surface area contributed by atoms with E-state index < -0.39 is 34.0 Å². The van der Waals surface area contributed by atoms with E-state index in [2.05, 4.69) is 10.3 Å². The number of pyridine rings is 1. The van der Waals surface area contributed by atoms with Crippen molar-refractivity contribution in [2.45, 2.75) is 25.4 Å². The van der Waals surface area contributed by atoms with Crippen molar-refractivity contribution in [2.75, 3.05) is 33.0 Å². The Hall–Kier alpha value is -2.53. The van der Waals surface area contributed by atoms with Gasteiger partial charge in [0.1, 0.15) is 12.1 Å². The third-order valence-corrected chi connectivity index (χ3v) is 5.75. The molecule has 2 amide bonds. The molecule has 2 atom stereocenters. The van der Waals surface area contributed by atoms with Crippen LogP contribution in [0.25, 0.3) is 0 Å². The summed E-state index contributed by atoms with van der Waals surface area (Å²) in [6.07, 6.45) is 4.34. The number of carbonyl (C=O) groups is 3. The van der Waals surface area contributed by atoms with Crippen LogP contribution in [0.3, 0.4) is 0 Å². The Morgan fingerprint density at radius 1 is 1.36 bits per heavy atom. The molecule has 1 aliphatic rings. The van der Waals surface area contributed by atoms with E-state index in [0.717, 1.165) is 10.6 Å². The minimum absolute atomic E-state index is 0.0893. The maximum Gasteiger partial charge on any atom is 0.328 e. The number of sulfonamides is 1. The highest BCUT2D eigenvalue weighted by atomic mass is 32.2. The molecule has 1 aromatic rings. The second-order valence-corrected chi connectivity index (χ2v) is 8.48. The second-order valence-electron chi connectivity index (χ2n) is 6.50. The Balaban J connectivity index is 2.20. The number of amides is 2. The highest BCUT2D eigenvalue weighted by Crippen LogP contribution is 2.14. The van der Waals surface area contributed by atoms with Crippen LogP contribution < -0.4 is 5.32 Å². The van der Waals surface area contributed by atoms with Crippen LogP contribution in [0.15, 0.2) is 24.5 Å². The summed E-state index contributed by atoms with van der Waals surface area (Å²) in [7, 11) is -2.32. The Kier molecular flexibility index (Phi) is 7.08. The van der Waals surface area contributed by atoms with Gasteiger partial charge in [0.2, 0.25) is 21.8 Å². The zero-order chi connectivity index (χ0) is 20.9. The molecule has 1 aliphatic heterocycles. The zero-order valence-corrected chi connectivity index (χ0v) is 16.8. The Bertz CT molecular complexity index is 829. The van der Waals surface area contributed by atoms with E-state index in [1.54, 1.807) is 24.5 Å². The average molecular weight is 412 g/mol. The van der Waals surface area contributed by atoms with Crippen molar-refractivity contribution in [3.63, 3.8) is 0 Å². The average Bonchev–Trinajstić information content (AvgIpc) is 2.66. The number of nitrogens with one attached hydrogen (secondary N) is 1. The number of hydrogen-bond acceptors (Lipinski definition) is 7. The summed E-state index contributed by atoms with van der Waals surface area (Å²) in [6, 6.07) is 1.42. The zero-order valence-electron chi connectivity index (χ0n) is 16.0. The van der Waals surface area contributed by atoms with Gasteiger partial charge in [0, 0.05) is 45.4 Å². The van der Waals surface area contributed by atoms with Crippen LogP contribution in [-0.2, 0) is 35.6 Å². The molecule has 0 saturated carbocycles. The van der Waals surface area contributed by atoms with Crippen LogP contribution in [0.2, 0.25) is 0 Å². The first-order valence-corrected chi connectivity index (χ1v) is 10.5. The maximum absolute atomic E-state index is 12.9. The van der Waals surface area contributed by atoms with E-state index in [1.807, 2.05) is 0 Å². The molecule has 1 saturated heterocycles. The third-order valence-electron chi connectivity index (χ3n) is 4.48. The molecule has 1 fully saturated rings. The molecule has 0 spiro atoms. The van der Waals surface area contributed by atoms with E-state index in [9.17, 15) is 22.8 Å². The molecule has 11 heteroatoms. The lowest BCUT2D eigenvalue weighted by atomic mass is 10.1. The molecule has 0 radical (unpaired) electrons. The maximum atomic E-state index is 12.9. The molecule has 1 N–H and O–H groups in total. The van der Waals surface area contributed by atoms with Gasteiger partial charge in [-0.3, -0.25) is 14.6 Å². The van der Waals surface area contributed by atoms with Crippen LogP contribution in [0.1, 0.15) is 12.5 Å². The molecule has 0 unspecified atom stereocenters. The predicted molar refractivity (Wildman–Crippen MR) is 99.5 cm³/mol. The van der Waals surface area contributed by atoms with E-state index in [4.69, 9.17) is 4.74 Å². The Morgan fingerprint density at radius 2 is 2.07 bits per heavy atom. The van der Waals surface area contributed by atoms with Gasteiger partial charge in [0.05, 0.1) is 13.4 Å². The summed E-state index contributed by atoms with van der Waals surface area (Å²) >= 11 is 0. The summed E-state index contributed by atoms with van der Waals surface area (Å²) in [6.45, 7) is 1.33. The third kappa shape index (κ3) is 5.49. The van der Waals surface area contributed by atoms with Crippen molar-refractivity contribution in [3.05, 3.63) is 30.1 Å². The van der Waals surface area contributed by atoms with Crippen LogP contribution in [0.5, 0.6) is 0 Å². The predicted octanol–water partition coefficient (Wildman–Crippen LogP) is -1.23. The number of methoxy groups -OCH3 is 1. The fourth-order valence-corrected chi connectivity index (χ4v) is 3.84. The van der Waals surface area contributed by atoms with Gasteiger partial charge in [-0.2, -0.15) is 4.31 Å². The van der Waals surface area contributed by atoms with E-state index >= 15 is 0 Å². The molecule has 0 aliphatic carbocycles. The molecule has 2 rings (SSSR count). The lowest BCUT2D eigenvalue weighted by Crippen LogP contribution is -2.62. The Labute approximate surface area is 163 Å². The lowest BCUT2D eigenvalue weighted by molar-refractivity contribution is -0.147. The number of nitrogens with zero attached hydrogens (tertiary/aromatic N) is 3. The van der Waals surface area contributed by atoms with Crippen LogP contribution >= 0.6 is 0 Å². The van der Waals surface area contributed by atoms with Crippen molar-refractivity contribution in [1.29, 1.82) is 0 Å². The van der Waals surface area contributed by atoms with Crippen molar-refractivity contribution in [1.82, 2.24) is 19.5 Å². The number of hydrogen-bond donors (Lipinski definition) is 1. The number of piperazine rings is 1. The summed E-state index contributed by atoms with van der Waals surface area (Å²) in [5.74, 6) is -1.62. The Morgan fingerprint density at radius 3 is 2.61 bits per heavy atom. The monoisotopic (exact) mass is 412 g/mol. The quantitative estimate of drug-likeness (QED) is 0.580. The molecular weight excluding hydrogens is 388 g/mol. The van der Waals surface area contributed by atoms with Gasteiger partial charge in [-0.25, -0.2) is 13.2 Å². The minimum atomic E-state index is -3.52. The number of esters is 1. The van der Waals surface area contributed by atoms with Crippen LogP contribution in [-0.4, -0.2) is 85.5 Å². The van der Waals surface area contributed by atoms with Gasteiger partial charge in [-0.05, 0) is 11.6 Å². The molecule has 154 valence electrons. The first-order chi connectivity index (χ1) is 13.1. The largest absolute Gasteiger partial charge is 0.467 e. The number of ether oxygens (including phenoxy) is 1. The summed E-state index contributed by atoms with van der Waals surface area (Å²) in [5, 5.41) is 2.59. The molecule has 10 nitrogen and oxygen atoms in total. The standard InChI is InChI=1S/C17H24N4O6S/c1-12(22)21-8-7-20(28(3,25)26)11-15(21)16(23)19-14(17(24)27-2)9-13-5-4-6-18-10-13/h4-6,10,14-15H,7-9,11H2,1-3H3,(H,19,23)/t14-,15+/m1/s1. The number of rotatable bonds is 6. The van der Waals surface area contributed by atoms with Crippen molar-refractivity contribution < 1.29 is 27.5 Å². The topological polar surface area (TPSA) is 126 Å². The first kappa shape index (κ1) is 21.8. The molecule has 28 heavy (non-hydrogen) atoms. The van der Waals surface area contributed by atoms with E-state index in [0.29, 0.717) is 5.56 Å². The fourth-order valence-electron chi connectivity index (χ4n) is 3.02. The van der Waals surface area contributed by atoms with Gasteiger partial charge in [0.15, 0.2) is 0 Å². The van der Waals surface area contributed by atoms with E-state index in [1.165, 1.54) is 18.9 Å². The minimum Gasteiger partial charge on any atom is -0.467 e.